The Morgan fingerprint density at radius 3 is 2.08 bits per heavy atom. The van der Waals surface area contributed by atoms with Crippen LogP contribution in [0.1, 0.15) is 5.56 Å². The van der Waals surface area contributed by atoms with E-state index in [-0.39, 0.29) is 6.79 Å². The molecule has 0 radical (unpaired) electrons. The number of para-hydroxylation sites is 2. The molecule has 0 aliphatic carbocycles. The lowest BCUT2D eigenvalue weighted by atomic mass is 10.2. The quantitative estimate of drug-likeness (QED) is 0.490. The third-order valence-corrected chi connectivity index (χ3v) is 4.27. The molecular formula is C21H19NO2. The Labute approximate surface area is 141 Å². The molecule has 0 spiro atoms. The molecule has 3 aromatic carbocycles. The van der Waals surface area contributed by atoms with E-state index in [0.29, 0.717) is 0 Å². The highest BCUT2D eigenvalue weighted by molar-refractivity contribution is 6.09. The van der Waals surface area contributed by atoms with Crippen molar-refractivity contribution < 1.29 is 9.47 Å². The van der Waals surface area contributed by atoms with Gasteiger partial charge in [0.2, 0.25) is 0 Å². The maximum atomic E-state index is 5.82. The Balaban J connectivity index is 2.07. The van der Waals surface area contributed by atoms with Gasteiger partial charge in [0.1, 0.15) is 5.75 Å². The van der Waals surface area contributed by atoms with Crippen molar-refractivity contribution in [1.82, 2.24) is 4.57 Å². The predicted octanol–water partition coefficient (Wildman–Crippen LogP) is 5.07. The molecule has 0 aliphatic rings. The van der Waals surface area contributed by atoms with E-state index < -0.39 is 0 Å². The average molecular weight is 317 g/mol. The molecule has 0 bridgehead atoms. The standard InChI is InChI=1S/C21H19NO2/c1-15-11-12-21(24-14-23-2)20(13-15)22-18-9-5-3-7-16(18)17-8-4-6-10-19(17)22/h3-13H,14H2,1-2H3. The summed E-state index contributed by atoms with van der Waals surface area (Å²) in [6.45, 7) is 2.32. The van der Waals surface area contributed by atoms with Crippen LogP contribution in [0.5, 0.6) is 5.75 Å². The molecule has 0 fully saturated rings. The van der Waals surface area contributed by atoms with Gasteiger partial charge >= 0.3 is 0 Å². The van der Waals surface area contributed by atoms with E-state index in [2.05, 4.69) is 72.2 Å². The first-order valence-corrected chi connectivity index (χ1v) is 8.00. The summed E-state index contributed by atoms with van der Waals surface area (Å²) < 4.78 is 13.2. The summed E-state index contributed by atoms with van der Waals surface area (Å²) in [6.07, 6.45) is 0. The second kappa shape index (κ2) is 6.02. The molecule has 1 heterocycles. The first-order chi connectivity index (χ1) is 11.8. The van der Waals surface area contributed by atoms with Gasteiger partial charge in [-0.15, -0.1) is 0 Å². The fourth-order valence-electron chi connectivity index (χ4n) is 3.23. The molecule has 1 aromatic heterocycles. The summed E-state index contributed by atoms with van der Waals surface area (Å²) >= 11 is 0. The minimum atomic E-state index is 0.229. The van der Waals surface area contributed by atoms with Crippen LogP contribution in [0.3, 0.4) is 0 Å². The molecule has 0 amide bonds. The van der Waals surface area contributed by atoms with E-state index in [1.165, 1.54) is 27.4 Å². The van der Waals surface area contributed by atoms with Crippen molar-refractivity contribution in [2.75, 3.05) is 13.9 Å². The van der Waals surface area contributed by atoms with Gasteiger partial charge in [-0.2, -0.15) is 0 Å². The molecular weight excluding hydrogens is 298 g/mol. The van der Waals surface area contributed by atoms with Gasteiger partial charge in [-0.1, -0.05) is 42.5 Å². The van der Waals surface area contributed by atoms with Gasteiger partial charge in [0.15, 0.2) is 6.79 Å². The normalized spacial score (nSPS) is 11.2. The molecule has 0 atom stereocenters. The Hall–Kier alpha value is -2.78. The maximum Gasteiger partial charge on any atom is 0.188 e. The Morgan fingerprint density at radius 2 is 1.46 bits per heavy atom. The fourth-order valence-corrected chi connectivity index (χ4v) is 3.23. The monoisotopic (exact) mass is 317 g/mol. The van der Waals surface area contributed by atoms with Crippen LogP contribution in [0.15, 0.2) is 66.7 Å². The topological polar surface area (TPSA) is 23.4 Å². The number of benzene rings is 3. The number of hydrogen-bond acceptors (Lipinski definition) is 2. The molecule has 120 valence electrons. The van der Waals surface area contributed by atoms with Crippen LogP contribution >= 0.6 is 0 Å². The fraction of sp³-hybridized carbons (Fsp3) is 0.143. The highest BCUT2D eigenvalue weighted by Crippen LogP contribution is 2.35. The molecule has 0 saturated carbocycles. The number of aromatic nitrogens is 1. The number of aryl methyl sites for hydroxylation is 1. The zero-order chi connectivity index (χ0) is 16.5. The van der Waals surface area contributed by atoms with E-state index in [9.17, 15) is 0 Å². The third-order valence-electron chi connectivity index (χ3n) is 4.27. The lowest BCUT2D eigenvalue weighted by Crippen LogP contribution is -2.04. The van der Waals surface area contributed by atoms with Crippen molar-refractivity contribution in [2.24, 2.45) is 0 Å². The van der Waals surface area contributed by atoms with Gasteiger partial charge in [-0.3, -0.25) is 0 Å². The number of ether oxygens (including phenoxy) is 2. The van der Waals surface area contributed by atoms with Crippen LogP contribution in [0.4, 0.5) is 0 Å². The van der Waals surface area contributed by atoms with Crippen molar-refractivity contribution in [3.05, 3.63) is 72.3 Å². The van der Waals surface area contributed by atoms with Crippen molar-refractivity contribution in [3.8, 4) is 11.4 Å². The number of nitrogens with zero attached hydrogens (tertiary/aromatic N) is 1. The first-order valence-electron chi connectivity index (χ1n) is 8.00. The molecule has 3 heteroatoms. The van der Waals surface area contributed by atoms with Gasteiger partial charge in [-0.25, -0.2) is 0 Å². The molecule has 4 rings (SSSR count). The van der Waals surface area contributed by atoms with Gasteiger partial charge in [-0.05, 0) is 36.8 Å². The molecule has 4 aromatic rings. The molecule has 24 heavy (non-hydrogen) atoms. The van der Waals surface area contributed by atoms with Gasteiger partial charge in [0, 0.05) is 17.9 Å². The Kier molecular flexibility index (Phi) is 3.71. The molecule has 0 unspecified atom stereocenters. The highest BCUT2D eigenvalue weighted by Gasteiger charge is 2.15. The Morgan fingerprint density at radius 1 is 0.833 bits per heavy atom. The van der Waals surface area contributed by atoms with Crippen LogP contribution in [0.25, 0.3) is 27.5 Å². The van der Waals surface area contributed by atoms with E-state index >= 15 is 0 Å². The van der Waals surface area contributed by atoms with E-state index in [1.807, 2.05) is 6.07 Å². The smallest absolute Gasteiger partial charge is 0.188 e. The first kappa shape index (κ1) is 14.8. The van der Waals surface area contributed by atoms with Gasteiger partial charge in [0.25, 0.3) is 0 Å². The van der Waals surface area contributed by atoms with Crippen molar-refractivity contribution in [3.63, 3.8) is 0 Å². The van der Waals surface area contributed by atoms with Crippen LogP contribution in [0.2, 0.25) is 0 Å². The van der Waals surface area contributed by atoms with Crippen molar-refractivity contribution in [1.29, 1.82) is 0 Å². The van der Waals surface area contributed by atoms with E-state index in [0.717, 1.165) is 11.4 Å². The van der Waals surface area contributed by atoms with Crippen LogP contribution in [-0.2, 0) is 4.74 Å². The van der Waals surface area contributed by atoms with Gasteiger partial charge in [0.05, 0.1) is 16.7 Å². The second-order valence-electron chi connectivity index (χ2n) is 5.89. The van der Waals surface area contributed by atoms with Crippen molar-refractivity contribution >= 4 is 21.8 Å². The van der Waals surface area contributed by atoms with E-state index in [1.54, 1.807) is 7.11 Å². The highest BCUT2D eigenvalue weighted by atomic mass is 16.7. The summed E-state index contributed by atoms with van der Waals surface area (Å²) in [6, 6.07) is 23.2. The largest absolute Gasteiger partial charge is 0.465 e. The Bertz CT molecular complexity index is 964. The molecule has 3 nitrogen and oxygen atoms in total. The molecule has 0 aliphatic heterocycles. The number of hydrogen-bond donors (Lipinski definition) is 0. The maximum absolute atomic E-state index is 5.82. The summed E-state index contributed by atoms with van der Waals surface area (Å²) in [5, 5.41) is 2.49. The lowest BCUT2D eigenvalue weighted by molar-refractivity contribution is 0.0511. The summed E-state index contributed by atoms with van der Waals surface area (Å²) in [7, 11) is 1.63. The number of methoxy groups -OCH3 is 1. The van der Waals surface area contributed by atoms with Gasteiger partial charge < -0.3 is 14.0 Å². The SMILES string of the molecule is COCOc1ccc(C)cc1-n1c2ccccc2c2ccccc21. The second-order valence-corrected chi connectivity index (χ2v) is 5.89. The minimum absolute atomic E-state index is 0.229. The number of rotatable bonds is 4. The zero-order valence-corrected chi connectivity index (χ0v) is 13.8. The third kappa shape index (κ3) is 2.34. The predicted molar refractivity (Wildman–Crippen MR) is 98.0 cm³/mol. The minimum Gasteiger partial charge on any atom is -0.465 e. The van der Waals surface area contributed by atoms with Crippen LogP contribution < -0.4 is 4.74 Å². The van der Waals surface area contributed by atoms with Crippen molar-refractivity contribution in [2.45, 2.75) is 6.92 Å². The molecule has 0 N–H and O–H groups in total. The summed E-state index contributed by atoms with van der Waals surface area (Å²) in [5.74, 6) is 0.814. The van der Waals surface area contributed by atoms with Crippen LogP contribution in [-0.4, -0.2) is 18.5 Å². The zero-order valence-electron chi connectivity index (χ0n) is 13.8. The summed E-state index contributed by atoms with van der Waals surface area (Å²) in [4.78, 5) is 0. The average Bonchev–Trinajstić information content (AvgIpc) is 2.95. The molecule has 0 saturated heterocycles. The number of fused-ring (bicyclic) bond motifs is 3. The van der Waals surface area contributed by atoms with Crippen LogP contribution in [0, 0.1) is 6.92 Å². The van der Waals surface area contributed by atoms with E-state index in [4.69, 9.17) is 9.47 Å². The lowest BCUT2D eigenvalue weighted by Gasteiger charge is -2.15. The summed E-state index contributed by atoms with van der Waals surface area (Å²) in [5.41, 5.74) is 4.57.